The number of aryl methyl sites for hydroxylation is 2. The highest BCUT2D eigenvalue weighted by molar-refractivity contribution is 7.92. The molecule has 0 aliphatic rings. The Morgan fingerprint density at radius 3 is 2.24 bits per heavy atom. The van der Waals surface area contributed by atoms with Crippen LogP contribution < -0.4 is 9.62 Å². The van der Waals surface area contributed by atoms with Gasteiger partial charge in [0, 0.05) is 24.5 Å². The van der Waals surface area contributed by atoms with Crippen LogP contribution in [0.1, 0.15) is 29.2 Å². The van der Waals surface area contributed by atoms with E-state index in [0.717, 1.165) is 27.3 Å². The van der Waals surface area contributed by atoms with Crippen molar-refractivity contribution in [3.63, 3.8) is 0 Å². The van der Waals surface area contributed by atoms with E-state index in [2.05, 4.69) is 5.32 Å². The Morgan fingerprint density at radius 2 is 1.61 bits per heavy atom. The molecule has 1 N–H and O–H groups in total. The second kappa shape index (κ2) is 12.9. The molecular weight excluding hydrogens is 522 g/mol. The zero-order valence-corrected chi connectivity index (χ0v) is 23.7. The number of hydrogen-bond donors (Lipinski definition) is 1. The lowest BCUT2D eigenvalue weighted by atomic mass is 10.0. The minimum absolute atomic E-state index is 0.145. The van der Waals surface area contributed by atoms with Gasteiger partial charge in [0.1, 0.15) is 12.6 Å². The van der Waals surface area contributed by atoms with Crippen molar-refractivity contribution in [2.24, 2.45) is 0 Å². The summed E-state index contributed by atoms with van der Waals surface area (Å²) in [4.78, 5) is 28.9. The molecule has 3 aromatic rings. The largest absolute Gasteiger partial charge is 0.355 e. The van der Waals surface area contributed by atoms with Crippen LogP contribution in [0.3, 0.4) is 0 Å². The normalized spacial score (nSPS) is 12.0. The minimum Gasteiger partial charge on any atom is -0.355 e. The molecule has 0 radical (unpaired) electrons. The number of rotatable bonds is 11. The third-order valence-electron chi connectivity index (χ3n) is 6.34. The van der Waals surface area contributed by atoms with E-state index in [1.54, 1.807) is 19.1 Å². The van der Waals surface area contributed by atoms with Crippen LogP contribution in [0.5, 0.6) is 0 Å². The number of benzene rings is 3. The average molecular weight is 556 g/mol. The molecule has 0 aromatic heterocycles. The summed E-state index contributed by atoms with van der Waals surface area (Å²) in [6.07, 6.45) is 1.33. The maximum absolute atomic E-state index is 14.0. The van der Waals surface area contributed by atoms with Crippen molar-refractivity contribution < 1.29 is 18.0 Å². The highest BCUT2D eigenvalue weighted by atomic mass is 35.5. The minimum atomic E-state index is -3.86. The summed E-state index contributed by atoms with van der Waals surface area (Å²) in [7, 11) is -3.86. The molecule has 0 saturated carbocycles. The summed E-state index contributed by atoms with van der Waals surface area (Å²) >= 11 is 6.18. The SMILES string of the molecule is CCNC(=O)[C@@H](Cc1ccccc1)N(Cc1ccccc1C)C(=O)CN(c1cc(Cl)ccc1C)S(C)(=O)=O. The van der Waals surface area contributed by atoms with E-state index in [1.165, 1.54) is 11.0 Å². The first-order valence-electron chi connectivity index (χ1n) is 12.4. The molecule has 0 heterocycles. The van der Waals surface area contributed by atoms with Gasteiger partial charge in [-0.1, -0.05) is 72.3 Å². The molecule has 3 aromatic carbocycles. The quantitative estimate of drug-likeness (QED) is 0.377. The van der Waals surface area contributed by atoms with E-state index in [1.807, 2.05) is 68.4 Å². The summed E-state index contributed by atoms with van der Waals surface area (Å²) in [5.74, 6) is -0.798. The molecule has 0 bridgehead atoms. The van der Waals surface area contributed by atoms with Gasteiger partial charge in [0.05, 0.1) is 11.9 Å². The van der Waals surface area contributed by atoms with E-state index < -0.39 is 28.5 Å². The van der Waals surface area contributed by atoms with Crippen LogP contribution in [-0.2, 0) is 32.6 Å². The number of nitrogens with one attached hydrogen (secondary N) is 1. The van der Waals surface area contributed by atoms with Crippen molar-refractivity contribution in [3.05, 3.63) is 100 Å². The maximum atomic E-state index is 14.0. The fraction of sp³-hybridized carbons (Fsp3) is 0.310. The van der Waals surface area contributed by atoms with Crippen molar-refractivity contribution in [3.8, 4) is 0 Å². The number of halogens is 1. The van der Waals surface area contributed by atoms with Crippen LogP contribution in [0.25, 0.3) is 0 Å². The van der Waals surface area contributed by atoms with Crippen molar-refractivity contribution in [2.45, 2.75) is 39.8 Å². The zero-order valence-electron chi connectivity index (χ0n) is 22.1. The Labute approximate surface area is 230 Å². The molecule has 1 atom stereocenters. The monoisotopic (exact) mass is 555 g/mol. The van der Waals surface area contributed by atoms with E-state index in [9.17, 15) is 18.0 Å². The molecule has 0 aliphatic carbocycles. The number of sulfonamides is 1. The summed E-state index contributed by atoms with van der Waals surface area (Å²) < 4.78 is 26.8. The number of carbonyl (C=O) groups is 2. The van der Waals surface area contributed by atoms with E-state index in [0.29, 0.717) is 22.8 Å². The van der Waals surface area contributed by atoms with Crippen LogP contribution in [0.2, 0.25) is 5.02 Å². The number of nitrogens with zero attached hydrogens (tertiary/aromatic N) is 2. The molecule has 2 amide bonds. The lowest BCUT2D eigenvalue weighted by Gasteiger charge is -2.34. The van der Waals surface area contributed by atoms with E-state index in [4.69, 9.17) is 11.6 Å². The Hall–Kier alpha value is -3.36. The van der Waals surface area contributed by atoms with Crippen LogP contribution in [0.15, 0.2) is 72.8 Å². The fourth-order valence-electron chi connectivity index (χ4n) is 4.26. The summed E-state index contributed by atoms with van der Waals surface area (Å²) in [5, 5.41) is 3.21. The van der Waals surface area contributed by atoms with Gasteiger partial charge in [0.15, 0.2) is 0 Å². The third kappa shape index (κ3) is 7.58. The van der Waals surface area contributed by atoms with Gasteiger partial charge in [0.2, 0.25) is 21.8 Å². The van der Waals surface area contributed by atoms with Crippen LogP contribution in [0, 0.1) is 13.8 Å². The lowest BCUT2D eigenvalue weighted by Crippen LogP contribution is -2.53. The first kappa shape index (κ1) is 29.2. The Morgan fingerprint density at radius 1 is 0.947 bits per heavy atom. The Balaban J connectivity index is 2.08. The van der Waals surface area contributed by atoms with Crippen molar-refractivity contribution in [1.82, 2.24) is 10.2 Å². The summed E-state index contributed by atoms with van der Waals surface area (Å²) in [5.41, 5.74) is 3.69. The predicted octanol–water partition coefficient (Wildman–Crippen LogP) is 4.50. The molecule has 0 saturated heterocycles. The topological polar surface area (TPSA) is 86.8 Å². The van der Waals surface area contributed by atoms with Crippen LogP contribution in [0.4, 0.5) is 5.69 Å². The molecule has 0 spiro atoms. The van der Waals surface area contributed by atoms with Gasteiger partial charge in [-0.3, -0.25) is 13.9 Å². The fourth-order valence-corrected chi connectivity index (χ4v) is 5.33. The van der Waals surface area contributed by atoms with Crippen molar-refractivity contribution in [1.29, 1.82) is 0 Å². The molecule has 202 valence electrons. The van der Waals surface area contributed by atoms with Gasteiger partial charge in [-0.15, -0.1) is 0 Å². The number of carbonyl (C=O) groups excluding carboxylic acids is 2. The van der Waals surface area contributed by atoms with Gasteiger partial charge in [-0.25, -0.2) is 8.42 Å². The molecule has 7 nitrogen and oxygen atoms in total. The van der Waals surface area contributed by atoms with Crippen LogP contribution >= 0.6 is 11.6 Å². The standard InChI is InChI=1S/C29H34ClN3O4S/c1-5-31-29(35)27(17-23-12-7-6-8-13-23)32(19-24-14-10-9-11-21(24)2)28(34)20-33(38(4,36)37)26-18-25(30)16-15-22(26)3/h6-16,18,27H,5,17,19-20H2,1-4H3,(H,31,35)/t27-/m1/s1. The Kier molecular flexibility index (Phi) is 9.94. The van der Waals surface area contributed by atoms with Gasteiger partial charge in [-0.2, -0.15) is 0 Å². The van der Waals surface area contributed by atoms with Gasteiger partial charge in [0.25, 0.3) is 0 Å². The van der Waals surface area contributed by atoms with E-state index in [-0.39, 0.29) is 18.9 Å². The smallest absolute Gasteiger partial charge is 0.244 e. The summed E-state index contributed by atoms with van der Waals surface area (Å²) in [6.45, 7) is 5.58. The third-order valence-corrected chi connectivity index (χ3v) is 7.70. The number of hydrogen-bond acceptors (Lipinski definition) is 4. The van der Waals surface area contributed by atoms with Gasteiger partial charge >= 0.3 is 0 Å². The summed E-state index contributed by atoms with van der Waals surface area (Å²) in [6, 6.07) is 21.1. The highest BCUT2D eigenvalue weighted by Gasteiger charge is 2.33. The van der Waals surface area contributed by atoms with Crippen LogP contribution in [-0.4, -0.2) is 50.5 Å². The number of anilines is 1. The van der Waals surface area contributed by atoms with Gasteiger partial charge < -0.3 is 10.2 Å². The van der Waals surface area contributed by atoms with Gasteiger partial charge in [-0.05, 0) is 55.2 Å². The van der Waals surface area contributed by atoms with E-state index >= 15 is 0 Å². The molecular formula is C29H34ClN3O4S. The van der Waals surface area contributed by atoms with Crippen molar-refractivity contribution >= 4 is 39.1 Å². The second-order valence-corrected chi connectivity index (χ2v) is 11.6. The number of likely N-dealkylation sites (N-methyl/N-ethyl adjacent to an activating group) is 1. The lowest BCUT2D eigenvalue weighted by molar-refractivity contribution is -0.140. The molecule has 0 fully saturated rings. The molecule has 38 heavy (non-hydrogen) atoms. The highest BCUT2D eigenvalue weighted by Crippen LogP contribution is 2.27. The molecule has 0 unspecified atom stereocenters. The predicted molar refractivity (Wildman–Crippen MR) is 153 cm³/mol. The first-order chi connectivity index (χ1) is 18.0. The second-order valence-electron chi connectivity index (χ2n) is 9.25. The Bertz CT molecular complexity index is 1380. The average Bonchev–Trinajstić information content (AvgIpc) is 2.87. The molecule has 9 heteroatoms. The number of amides is 2. The first-order valence-corrected chi connectivity index (χ1v) is 14.6. The molecule has 0 aliphatic heterocycles. The molecule has 3 rings (SSSR count). The van der Waals surface area contributed by atoms with Crippen molar-refractivity contribution in [2.75, 3.05) is 23.7 Å². The maximum Gasteiger partial charge on any atom is 0.244 e. The zero-order chi connectivity index (χ0) is 27.9.